The molecule has 1 aliphatic carbocycles. The SMILES string of the molecule is CN(C)CCOC1CCCCC1N(C)C. The molecule has 0 aliphatic heterocycles. The first-order chi connectivity index (χ1) is 7.11. The number of hydrogen-bond donors (Lipinski definition) is 0. The molecule has 15 heavy (non-hydrogen) atoms. The molecule has 1 fully saturated rings. The molecule has 0 radical (unpaired) electrons. The molecule has 0 heterocycles. The van der Waals surface area contributed by atoms with Crippen LogP contribution >= 0.6 is 0 Å². The topological polar surface area (TPSA) is 15.7 Å². The third kappa shape index (κ3) is 4.49. The highest BCUT2D eigenvalue weighted by Gasteiger charge is 2.26. The summed E-state index contributed by atoms with van der Waals surface area (Å²) in [7, 11) is 8.51. The molecule has 3 heteroatoms. The Morgan fingerprint density at radius 2 is 1.73 bits per heavy atom. The molecule has 0 aromatic carbocycles. The summed E-state index contributed by atoms with van der Waals surface area (Å²) in [5, 5.41) is 0. The van der Waals surface area contributed by atoms with Crippen molar-refractivity contribution in [1.82, 2.24) is 9.80 Å². The lowest BCUT2D eigenvalue weighted by Gasteiger charge is -2.36. The summed E-state index contributed by atoms with van der Waals surface area (Å²) in [5.74, 6) is 0. The lowest BCUT2D eigenvalue weighted by atomic mass is 9.92. The highest BCUT2D eigenvalue weighted by molar-refractivity contribution is 4.81. The van der Waals surface area contributed by atoms with Gasteiger partial charge in [0, 0.05) is 12.6 Å². The van der Waals surface area contributed by atoms with E-state index >= 15 is 0 Å². The zero-order chi connectivity index (χ0) is 11.3. The van der Waals surface area contributed by atoms with Gasteiger partial charge in [0.1, 0.15) is 0 Å². The van der Waals surface area contributed by atoms with Crippen molar-refractivity contribution in [2.24, 2.45) is 0 Å². The molecule has 0 amide bonds. The third-order valence-corrected chi connectivity index (χ3v) is 3.20. The molecule has 0 N–H and O–H groups in total. The fourth-order valence-corrected chi connectivity index (χ4v) is 2.25. The van der Waals surface area contributed by atoms with E-state index in [1.165, 1.54) is 25.7 Å². The fourth-order valence-electron chi connectivity index (χ4n) is 2.25. The number of hydrogen-bond acceptors (Lipinski definition) is 3. The maximum absolute atomic E-state index is 5.98. The van der Waals surface area contributed by atoms with Gasteiger partial charge in [-0.25, -0.2) is 0 Å². The van der Waals surface area contributed by atoms with Gasteiger partial charge in [-0.05, 0) is 41.0 Å². The van der Waals surface area contributed by atoms with E-state index in [-0.39, 0.29) is 0 Å². The van der Waals surface area contributed by atoms with E-state index in [0.717, 1.165) is 13.2 Å². The number of ether oxygens (including phenoxy) is 1. The van der Waals surface area contributed by atoms with Gasteiger partial charge in [-0.2, -0.15) is 0 Å². The van der Waals surface area contributed by atoms with E-state index < -0.39 is 0 Å². The van der Waals surface area contributed by atoms with Crippen LogP contribution in [-0.4, -0.2) is 63.3 Å². The lowest BCUT2D eigenvalue weighted by Crippen LogP contribution is -2.43. The van der Waals surface area contributed by atoms with Crippen molar-refractivity contribution in [2.45, 2.75) is 37.8 Å². The van der Waals surface area contributed by atoms with Crippen LogP contribution in [0, 0.1) is 0 Å². The molecule has 0 spiro atoms. The normalized spacial score (nSPS) is 27.6. The van der Waals surface area contributed by atoms with E-state index in [1.807, 2.05) is 0 Å². The molecule has 1 rings (SSSR count). The van der Waals surface area contributed by atoms with Crippen molar-refractivity contribution >= 4 is 0 Å². The standard InChI is InChI=1S/C12H26N2O/c1-13(2)9-10-15-12-8-6-5-7-11(12)14(3)4/h11-12H,5-10H2,1-4H3. The number of nitrogens with zero attached hydrogens (tertiary/aromatic N) is 2. The molecule has 0 bridgehead atoms. The van der Waals surface area contributed by atoms with Crippen LogP contribution in [0.3, 0.4) is 0 Å². The predicted octanol–water partition coefficient (Wildman–Crippen LogP) is 1.44. The van der Waals surface area contributed by atoms with Crippen LogP contribution < -0.4 is 0 Å². The first-order valence-corrected chi connectivity index (χ1v) is 6.04. The van der Waals surface area contributed by atoms with Gasteiger partial charge in [-0.1, -0.05) is 12.8 Å². The van der Waals surface area contributed by atoms with Crippen molar-refractivity contribution in [1.29, 1.82) is 0 Å². The van der Waals surface area contributed by atoms with Crippen LogP contribution in [0.2, 0.25) is 0 Å². The van der Waals surface area contributed by atoms with Crippen LogP contribution in [0.4, 0.5) is 0 Å². The molecule has 1 saturated carbocycles. The average molecular weight is 214 g/mol. The monoisotopic (exact) mass is 214 g/mol. The Hall–Kier alpha value is -0.120. The van der Waals surface area contributed by atoms with E-state index in [4.69, 9.17) is 4.74 Å². The quantitative estimate of drug-likeness (QED) is 0.689. The Kier molecular flexibility index (Phi) is 5.58. The smallest absolute Gasteiger partial charge is 0.0730 e. The van der Waals surface area contributed by atoms with Gasteiger partial charge >= 0.3 is 0 Å². The van der Waals surface area contributed by atoms with E-state index in [2.05, 4.69) is 38.0 Å². The molecule has 2 atom stereocenters. The maximum Gasteiger partial charge on any atom is 0.0730 e. The minimum atomic E-state index is 0.452. The molecule has 0 aromatic rings. The Morgan fingerprint density at radius 3 is 2.33 bits per heavy atom. The van der Waals surface area contributed by atoms with Gasteiger partial charge in [-0.3, -0.25) is 0 Å². The first-order valence-electron chi connectivity index (χ1n) is 6.04. The van der Waals surface area contributed by atoms with Crippen LogP contribution in [0.5, 0.6) is 0 Å². The van der Waals surface area contributed by atoms with Crippen molar-refractivity contribution in [3.63, 3.8) is 0 Å². The zero-order valence-corrected chi connectivity index (χ0v) is 10.7. The minimum absolute atomic E-state index is 0.452. The van der Waals surface area contributed by atoms with E-state index in [9.17, 15) is 0 Å². The Morgan fingerprint density at radius 1 is 1.07 bits per heavy atom. The van der Waals surface area contributed by atoms with Crippen LogP contribution in [0.25, 0.3) is 0 Å². The van der Waals surface area contributed by atoms with Crippen molar-refractivity contribution in [3.05, 3.63) is 0 Å². The van der Waals surface area contributed by atoms with Gasteiger partial charge in [0.25, 0.3) is 0 Å². The molecule has 0 aromatic heterocycles. The minimum Gasteiger partial charge on any atom is -0.375 e. The van der Waals surface area contributed by atoms with Crippen molar-refractivity contribution in [3.8, 4) is 0 Å². The third-order valence-electron chi connectivity index (χ3n) is 3.20. The molecular formula is C12H26N2O. The van der Waals surface area contributed by atoms with Gasteiger partial charge in [0.15, 0.2) is 0 Å². The molecular weight excluding hydrogens is 188 g/mol. The zero-order valence-electron chi connectivity index (χ0n) is 10.7. The predicted molar refractivity (Wildman–Crippen MR) is 64.2 cm³/mol. The first kappa shape index (κ1) is 12.9. The van der Waals surface area contributed by atoms with Crippen molar-refractivity contribution in [2.75, 3.05) is 41.3 Å². The fraction of sp³-hybridized carbons (Fsp3) is 1.00. The summed E-state index contributed by atoms with van der Waals surface area (Å²) in [5.41, 5.74) is 0. The summed E-state index contributed by atoms with van der Waals surface area (Å²) >= 11 is 0. The van der Waals surface area contributed by atoms with E-state index in [1.54, 1.807) is 0 Å². The van der Waals surface area contributed by atoms with Gasteiger partial charge < -0.3 is 14.5 Å². The Labute approximate surface area is 94.4 Å². The average Bonchev–Trinajstić information content (AvgIpc) is 2.17. The Balaban J connectivity index is 2.29. The van der Waals surface area contributed by atoms with Crippen molar-refractivity contribution < 1.29 is 4.74 Å². The second-order valence-corrected chi connectivity index (χ2v) is 5.03. The largest absolute Gasteiger partial charge is 0.375 e. The van der Waals surface area contributed by atoms with Crippen LogP contribution in [0.15, 0.2) is 0 Å². The molecule has 3 nitrogen and oxygen atoms in total. The number of rotatable bonds is 5. The molecule has 1 aliphatic rings. The summed E-state index contributed by atoms with van der Waals surface area (Å²) in [4.78, 5) is 4.49. The summed E-state index contributed by atoms with van der Waals surface area (Å²) < 4.78 is 5.98. The second-order valence-electron chi connectivity index (χ2n) is 5.03. The molecule has 2 unspecified atom stereocenters. The summed E-state index contributed by atoms with van der Waals surface area (Å²) in [6.45, 7) is 1.89. The van der Waals surface area contributed by atoms with Gasteiger partial charge in [-0.15, -0.1) is 0 Å². The van der Waals surface area contributed by atoms with Gasteiger partial charge in [0.2, 0.25) is 0 Å². The summed E-state index contributed by atoms with van der Waals surface area (Å²) in [6, 6.07) is 0.626. The molecule has 90 valence electrons. The Bertz CT molecular complexity index is 171. The van der Waals surface area contributed by atoms with Crippen LogP contribution in [0.1, 0.15) is 25.7 Å². The number of likely N-dealkylation sites (N-methyl/N-ethyl adjacent to an activating group) is 2. The highest BCUT2D eigenvalue weighted by atomic mass is 16.5. The maximum atomic E-state index is 5.98. The second kappa shape index (κ2) is 6.46. The van der Waals surface area contributed by atoms with Crippen LogP contribution in [-0.2, 0) is 4.74 Å². The summed E-state index contributed by atoms with van der Waals surface area (Å²) in [6.07, 6.45) is 5.66. The highest BCUT2D eigenvalue weighted by Crippen LogP contribution is 2.24. The van der Waals surface area contributed by atoms with E-state index in [0.29, 0.717) is 12.1 Å². The molecule has 0 saturated heterocycles. The lowest BCUT2D eigenvalue weighted by molar-refractivity contribution is -0.0271. The van der Waals surface area contributed by atoms with Gasteiger partial charge in [0.05, 0.1) is 12.7 Å².